The normalized spacial score (nSPS) is 13.0. The van der Waals surface area contributed by atoms with Crippen molar-refractivity contribution >= 4 is 11.0 Å². The van der Waals surface area contributed by atoms with Crippen molar-refractivity contribution in [1.82, 2.24) is 0 Å². The molecule has 3 rings (SSSR count). The first-order chi connectivity index (χ1) is 10.1. The van der Waals surface area contributed by atoms with Crippen LogP contribution in [0.25, 0.3) is 22.1 Å². The van der Waals surface area contributed by atoms with Gasteiger partial charge in [-0.25, -0.2) is 17.6 Å². The Morgan fingerprint density at radius 3 is 2.19 bits per heavy atom. The van der Waals surface area contributed by atoms with Gasteiger partial charge in [0.2, 0.25) is 6.17 Å². The van der Waals surface area contributed by atoms with Crippen molar-refractivity contribution < 1.29 is 22.0 Å². The SMILES string of the molecule is Fc1ccc(-c2c(C(F)C(F)F)oc3ccccc23)cc1. The number of hydrogen-bond donors (Lipinski definition) is 0. The van der Waals surface area contributed by atoms with Crippen molar-refractivity contribution in [2.24, 2.45) is 0 Å². The van der Waals surface area contributed by atoms with Crippen molar-refractivity contribution in [3.05, 3.63) is 60.1 Å². The molecule has 0 fully saturated rings. The summed E-state index contributed by atoms with van der Waals surface area (Å²) >= 11 is 0. The summed E-state index contributed by atoms with van der Waals surface area (Å²) in [6.07, 6.45) is -5.72. The Labute approximate surface area is 117 Å². The molecule has 1 unspecified atom stereocenters. The fourth-order valence-electron chi connectivity index (χ4n) is 2.29. The Kier molecular flexibility index (Phi) is 3.41. The van der Waals surface area contributed by atoms with Gasteiger partial charge in [0, 0.05) is 10.9 Å². The van der Waals surface area contributed by atoms with Crippen molar-refractivity contribution in [3.63, 3.8) is 0 Å². The second-order valence-electron chi connectivity index (χ2n) is 4.58. The topological polar surface area (TPSA) is 13.1 Å². The molecule has 1 nitrogen and oxygen atoms in total. The molecule has 0 radical (unpaired) electrons. The third kappa shape index (κ3) is 2.39. The second-order valence-corrected chi connectivity index (χ2v) is 4.58. The molecule has 3 aromatic rings. The number of rotatable bonds is 3. The number of alkyl halides is 3. The lowest BCUT2D eigenvalue weighted by Crippen LogP contribution is -2.03. The standard InChI is InChI=1S/C16H10F4O/c17-10-7-5-9(6-8-10)13-11-3-1-2-4-12(11)21-15(13)14(18)16(19)20/h1-8,14,16H. The van der Waals surface area contributed by atoms with Gasteiger partial charge in [-0.05, 0) is 23.8 Å². The van der Waals surface area contributed by atoms with Crippen LogP contribution in [0.5, 0.6) is 0 Å². The van der Waals surface area contributed by atoms with Crippen LogP contribution in [0.15, 0.2) is 52.9 Å². The van der Waals surface area contributed by atoms with Gasteiger partial charge in [0.1, 0.15) is 11.4 Å². The second kappa shape index (κ2) is 5.24. The third-order valence-electron chi connectivity index (χ3n) is 3.23. The van der Waals surface area contributed by atoms with Crippen LogP contribution in [-0.4, -0.2) is 6.43 Å². The predicted molar refractivity (Wildman–Crippen MR) is 71.5 cm³/mol. The Balaban J connectivity index is 2.27. The Morgan fingerprint density at radius 1 is 0.857 bits per heavy atom. The summed E-state index contributed by atoms with van der Waals surface area (Å²) in [6.45, 7) is 0. The maximum Gasteiger partial charge on any atom is 0.276 e. The molecular weight excluding hydrogens is 284 g/mol. The minimum absolute atomic E-state index is 0.235. The zero-order valence-corrected chi connectivity index (χ0v) is 10.7. The molecule has 5 heteroatoms. The molecule has 0 aliphatic rings. The van der Waals surface area contributed by atoms with Crippen LogP contribution in [-0.2, 0) is 0 Å². The van der Waals surface area contributed by atoms with Gasteiger partial charge in [0.25, 0.3) is 6.43 Å². The molecule has 21 heavy (non-hydrogen) atoms. The van der Waals surface area contributed by atoms with E-state index in [0.717, 1.165) is 0 Å². The average molecular weight is 294 g/mol. The maximum absolute atomic E-state index is 13.8. The van der Waals surface area contributed by atoms with Gasteiger partial charge in [0.15, 0.2) is 5.76 Å². The summed E-state index contributed by atoms with van der Waals surface area (Å²) < 4.78 is 57.5. The summed E-state index contributed by atoms with van der Waals surface area (Å²) in [4.78, 5) is 0. The predicted octanol–water partition coefficient (Wildman–Crippen LogP) is 5.51. The lowest BCUT2D eigenvalue weighted by atomic mass is 10.0. The number of benzene rings is 2. The van der Waals surface area contributed by atoms with Gasteiger partial charge in [-0.2, -0.15) is 0 Å². The van der Waals surface area contributed by atoms with E-state index in [4.69, 9.17) is 4.42 Å². The molecular formula is C16H10F4O. The van der Waals surface area contributed by atoms with E-state index in [9.17, 15) is 17.6 Å². The van der Waals surface area contributed by atoms with Crippen molar-refractivity contribution in [3.8, 4) is 11.1 Å². The fourth-order valence-corrected chi connectivity index (χ4v) is 2.29. The average Bonchev–Trinajstić information content (AvgIpc) is 2.86. The van der Waals surface area contributed by atoms with Crippen LogP contribution >= 0.6 is 0 Å². The van der Waals surface area contributed by atoms with Gasteiger partial charge in [-0.15, -0.1) is 0 Å². The first-order valence-corrected chi connectivity index (χ1v) is 6.27. The summed E-state index contributed by atoms with van der Waals surface area (Å²) in [6, 6.07) is 11.8. The van der Waals surface area contributed by atoms with E-state index in [-0.39, 0.29) is 5.56 Å². The molecule has 0 saturated carbocycles. The smallest absolute Gasteiger partial charge is 0.276 e. The molecule has 0 amide bonds. The number of fused-ring (bicyclic) bond motifs is 1. The summed E-state index contributed by atoms with van der Waals surface area (Å²) in [5.41, 5.74) is 0.980. The summed E-state index contributed by atoms with van der Waals surface area (Å²) in [5, 5.41) is 0.516. The monoisotopic (exact) mass is 294 g/mol. The minimum Gasteiger partial charge on any atom is -0.457 e. The molecule has 108 valence electrons. The van der Waals surface area contributed by atoms with Crippen molar-refractivity contribution in [2.75, 3.05) is 0 Å². The van der Waals surface area contributed by atoms with E-state index in [1.807, 2.05) is 0 Å². The molecule has 1 heterocycles. The van der Waals surface area contributed by atoms with Crippen molar-refractivity contribution in [1.29, 1.82) is 0 Å². The number of halogens is 4. The molecule has 0 aliphatic heterocycles. The number of hydrogen-bond acceptors (Lipinski definition) is 1. The first kappa shape index (κ1) is 13.7. The Morgan fingerprint density at radius 2 is 1.52 bits per heavy atom. The summed E-state index contributed by atoms with van der Waals surface area (Å²) in [5.74, 6) is -0.892. The third-order valence-corrected chi connectivity index (χ3v) is 3.23. The molecule has 1 atom stereocenters. The highest BCUT2D eigenvalue weighted by Crippen LogP contribution is 2.41. The summed E-state index contributed by atoms with van der Waals surface area (Å²) in [7, 11) is 0. The van der Waals surface area contributed by atoms with Crippen LogP contribution in [0.2, 0.25) is 0 Å². The highest BCUT2D eigenvalue weighted by atomic mass is 19.3. The van der Waals surface area contributed by atoms with Crippen LogP contribution < -0.4 is 0 Å². The van der Waals surface area contributed by atoms with Crippen LogP contribution in [0, 0.1) is 5.82 Å². The zero-order valence-electron chi connectivity index (χ0n) is 10.7. The van der Waals surface area contributed by atoms with Gasteiger partial charge < -0.3 is 4.42 Å². The van der Waals surface area contributed by atoms with Crippen LogP contribution in [0.4, 0.5) is 17.6 Å². The maximum atomic E-state index is 13.8. The molecule has 0 aliphatic carbocycles. The van der Waals surface area contributed by atoms with E-state index in [1.54, 1.807) is 24.3 Å². The molecule has 0 N–H and O–H groups in total. The van der Waals surface area contributed by atoms with E-state index in [2.05, 4.69) is 0 Å². The fraction of sp³-hybridized carbons (Fsp3) is 0.125. The van der Waals surface area contributed by atoms with Gasteiger partial charge in [0.05, 0.1) is 0 Å². The zero-order chi connectivity index (χ0) is 15.0. The van der Waals surface area contributed by atoms with E-state index < -0.39 is 24.2 Å². The largest absolute Gasteiger partial charge is 0.457 e. The highest BCUT2D eigenvalue weighted by Gasteiger charge is 2.30. The lowest BCUT2D eigenvalue weighted by molar-refractivity contribution is 0.0389. The molecule has 2 aromatic carbocycles. The van der Waals surface area contributed by atoms with Crippen molar-refractivity contribution in [2.45, 2.75) is 12.6 Å². The van der Waals surface area contributed by atoms with Gasteiger partial charge in [-0.1, -0.05) is 30.3 Å². The van der Waals surface area contributed by atoms with Crippen LogP contribution in [0.3, 0.4) is 0 Å². The minimum atomic E-state index is -3.19. The lowest BCUT2D eigenvalue weighted by Gasteiger charge is -2.07. The molecule has 0 spiro atoms. The molecule has 0 saturated heterocycles. The number of furan rings is 1. The van der Waals surface area contributed by atoms with Gasteiger partial charge in [-0.3, -0.25) is 0 Å². The Bertz CT molecular complexity index is 762. The molecule has 1 aromatic heterocycles. The highest BCUT2D eigenvalue weighted by molar-refractivity contribution is 5.95. The van der Waals surface area contributed by atoms with E-state index >= 15 is 0 Å². The first-order valence-electron chi connectivity index (χ1n) is 6.27. The molecule has 0 bridgehead atoms. The van der Waals surface area contributed by atoms with Crippen LogP contribution in [0.1, 0.15) is 11.9 Å². The number of para-hydroxylation sites is 1. The van der Waals surface area contributed by atoms with E-state index in [0.29, 0.717) is 16.5 Å². The Hall–Kier alpha value is -2.30. The van der Waals surface area contributed by atoms with Gasteiger partial charge >= 0.3 is 0 Å². The van der Waals surface area contributed by atoms with E-state index in [1.165, 1.54) is 24.3 Å². The quantitative estimate of drug-likeness (QED) is 0.580.